The second-order valence-corrected chi connectivity index (χ2v) is 5.46. The third kappa shape index (κ3) is 5.07. The van der Waals surface area contributed by atoms with Crippen molar-refractivity contribution in [3.63, 3.8) is 0 Å². The molecular formula is C16H22ClN5. The van der Waals surface area contributed by atoms with Gasteiger partial charge in [-0.1, -0.05) is 23.7 Å². The van der Waals surface area contributed by atoms with Crippen LogP contribution in [0.3, 0.4) is 0 Å². The van der Waals surface area contributed by atoms with Crippen molar-refractivity contribution in [2.75, 3.05) is 20.1 Å². The lowest BCUT2D eigenvalue weighted by molar-refractivity contribution is 0.475. The lowest BCUT2D eigenvalue weighted by atomic mass is 10.2. The molecule has 0 radical (unpaired) electrons. The maximum absolute atomic E-state index is 5.92. The number of hydrogen-bond acceptors (Lipinski definition) is 2. The fraction of sp³-hybridized carbons (Fsp3) is 0.375. The Kier molecular flexibility index (Phi) is 6.27. The van der Waals surface area contributed by atoms with E-state index in [9.17, 15) is 0 Å². The van der Waals surface area contributed by atoms with E-state index in [1.54, 1.807) is 12.5 Å². The van der Waals surface area contributed by atoms with Gasteiger partial charge in [-0.15, -0.1) is 0 Å². The van der Waals surface area contributed by atoms with Crippen LogP contribution in [0.2, 0.25) is 5.02 Å². The number of halogens is 1. The summed E-state index contributed by atoms with van der Waals surface area (Å²) in [4.78, 5) is 10.8. The molecule has 22 heavy (non-hydrogen) atoms. The molecule has 1 N–H and O–H groups in total. The summed E-state index contributed by atoms with van der Waals surface area (Å²) < 4.78 is 2.02. The SMILES string of the molecule is CCNC(=NCCn1ccnc1)N(C)Cc1ccc(Cl)cc1. The zero-order valence-corrected chi connectivity index (χ0v) is 13.8. The van der Waals surface area contributed by atoms with E-state index in [1.807, 2.05) is 42.1 Å². The van der Waals surface area contributed by atoms with E-state index < -0.39 is 0 Å². The number of hydrogen-bond donors (Lipinski definition) is 1. The summed E-state index contributed by atoms with van der Waals surface area (Å²) in [6.45, 7) is 5.23. The molecule has 1 heterocycles. The van der Waals surface area contributed by atoms with Crippen LogP contribution in [0.15, 0.2) is 48.0 Å². The van der Waals surface area contributed by atoms with E-state index >= 15 is 0 Å². The lowest BCUT2D eigenvalue weighted by Crippen LogP contribution is -2.38. The third-order valence-corrected chi connectivity index (χ3v) is 3.46. The van der Waals surface area contributed by atoms with Crippen molar-refractivity contribution < 1.29 is 0 Å². The summed E-state index contributed by atoms with van der Waals surface area (Å²) in [5.74, 6) is 0.901. The Morgan fingerprint density at radius 2 is 2.14 bits per heavy atom. The first-order valence-corrected chi connectivity index (χ1v) is 7.76. The Labute approximate surface area is 136 Å². The Morgan fingerprint density at radius 3 is 2.77 bits per heavy atom. The van der Waals surface area contributed by atoms with Crippen LogP contribution in [0, 0.1) is 0 Å². The molecule has 6 heteroatoms. The highest BCUT2D eigenvalue weighted by molar-refractivity contribution is 6.30. The van der Waals surface area contributed by atoms with Gasteiger partial charge in [-0.2, -0.15) is 0 Å². The van der Waals surface area contributed by atoms with E-state index in [2.05, 4.69) is 27.1 Å². The quantitative estimate of drug-likeness (QED) is 0.657. The van der Waals surface area contributed by atoms with Gasteiger partial charge >= 0.3 is 0 Å². The van der Waals surface area contributed by atoms with Crippen LogP contribution in [0.25, 0.3) is 0 Å². The van der Waals surface area contributed by atoms with Crippen LogP contribution in [-0.2, 0) is 13.1 Å². The minimum atomic E-state index is 0.712. The maximum Gasteiger partial charge on any atom is 0.194 e. The number of guanidine groups is 1. The Bertz CT molecular complexity index is 577. The topological polar surface area (TPSA) is 45.5 Å². The van der Waals surface area contributed by atoms with E-state index in [4.69, 9.17) is 11.6 Å². The van der Waals surface area contributed by atoms with E-state index in [-0.39, 0.29) is 0 Å². The van der Waals surface area contributed by atoms with Crippen molar-refractivity contribution in [2.45, 2.75) is 20.0 Å². The third-order valence-electron chi connectivity index (χ3n) is 3.21. The summed E-state index contributed by atoms with van der Waals surface area (Å²) in [7, 11) is 2.04. The number of aliphatic imine (C=N–C) groups is 1. The predicted octanol–water partition coefficient (Wildman–Crippen LogP) is 2.63. The van der Waals surface area contributed by atoms with Crippen LogP contribution < -0.4 is 5.32 Å². The Morgan fingerprint density at radius 1 is 1.36 bits per heavy atom. The Balaban J connectivity index is 1.94. The average molecular weight is 320 g/mol. The van der Waals surface area contributed by atoms with Crippen LogP contribution in [-0.4, -0.2) is 40.5 Å². The van der Waals surface area contributed by atoms with E-state index in [0.717, 1.165) is 30.6 Å². The van der Waals surface area contributed by atoms with E-state index in [0.29, 0.717) is 6.54 Å². The second-order valence-electron chi connectivity index (χ2n) is 5.02. The summed E-state index contributed by atoms with van der Waals surface area (Å²) in [5.41, 5.74) is 1.20. The molecule has 2 aromatic rings. The van der Waals surface area contributed by atoms with Gasteiger partial charge in [0.15, 0.2) is 5.96 Å². The molecular weight excluding hydrogens is 298 g/mol. The lowest BCUT2D eigenvalue weighted by Gasteiger charge is -2.22. The van der Waals surface area contributed by atoms with Crippen molar-refractivity contribution in [3.05, 3.63) is 53.6 Å². The zero-order chi connectivity index (χ0) is 15.8. The second kappa shape index (κ2) is 8.44. The molecule has 0 aliphatic carbocycles. The average Bonchev–Trinajstić information content (AvgIpc) is 3.02. The molecule has 0 amide bonds. The smallest absolute Gasteiger partial charge is 0.194 e. The summed E-state index contributed by atoms with van der Waals surface area (Å²) in [6, 6.07) is 7.89. The fourth-order valence-corrected chi connectivity index (χ4v) is 2.22. The molecule has 0 unspecified atom stereocenters. The molecule has 0 spiro atoms. The molecule has 5 nitrogen and oxygen atoms in total. The van der Waals surface area contributed by atoms with Crippen molar-refractivity contribution in [1.82, 2.24) is 19.8 Å². The molecule has 0 atom stereocenters. The monoisotopic (exact) mass is 319 g/mol. The largest absolute Gasteiger partial charge is 0.357 e. The standard InChI is InChI=1S/C16H22ClN5/c1-3-19-16(20-9-11-22-10-8-18-13-22)21(2)12-14-4-6-15(17)7-5-14/h4-8,10,13H,3,9,11-12H2,1-2H3,(H,19,20). The van der Waals surface area contributed by atoms with E-state index in [1.165, 1.54) is 5.56 Å². The van der Waals surface area contributed by atoms with Gasteiger partial charge in [0.05, 0.1) is 12.9 Å². The minimum absolute atomic E-state index is 0.712. The van der Waals surface area contributed by atoms with Crippen LogP contribution in [0.4, 0.5) is 0 Å². The normalized spacial score (nSPS) is 11.5. The van der Waals surface area contributed by atoms with Crippen molar-refractivity contribution in [1.29, 1.82) is 0 Å². The molecule has 1 aromatic heterocycles. The summed E-state index contributed by atoms with van der Waals surface area (Å²) in [5, 5.41) is 4.08. The molecule has 0 fully saturated rings. The number of imidazole rings is 1. The van der Waals surface area contributed by atoms with Gasteiger partial charge in [-0.25, -0.2) is 4.98 Å². The van der Waals surface area contributed by atoms with Crippen molar-refractivity contribution >= 4 is 17.6 Å². The van der Waals surface area contributed by atoms with Gasteiger partial charge in [-0.05, 0) is 24.6 Å². The number of nitrogens with zero attached hydrogens (tertiary/aromatic N) is 4. The highest BCUT2D eigenvalue weighted by atomic mass is 35.5. The predicted molar refractivity (Wildman–Crippen MR) is 91.1 cm³/mol. The number of benzene rings is 1. The Hall–Kier alpha value is -2.01. The highest BCUT2D eigenvalue weighted by Crippen LogP contribution is 2.11. The number of rotatable bonds is 6. The number of nitrogens with one attached hydrogen (secondary N) is 1. The summed E-state index contributed by atoms with van der Waals surface area (Å²) >= 11 is 5.92. The van der Waals surface area contributed by atoms with Gasteiger partial charge < -0.3 is 14.8 Å². The van der Waals surface area contributed by atoms with Crippen molar-refractivity contribution in [2.24, 2.45) is 4.99 Å². The first-order valence-electron chi connectivity index (χ1n) is 7.38. The van der Waals surface area contributed by atoms with Gasteiger partial charge in [0.1, 0.15) is 0 Å². The first kappa shape index (κ1) is 16.4. The minimum Gasteiger partial charge on any atom is -0.357 e. The zero-order valence-electron chi connectivity index (χ0n) is 13.0. The van der Waals surface area contributed by atoms with Gasteiger partial charge in [0, 0.05) is 44.1 Å². The van der Waals surface area contributed by atoms with Crippen LogP contribution in [0.5, 0.6) is 0 Å². The number of aromatic nitrogens is 2. The fourth-order valence-electron chi connectivity index (χ4n) is 2.10. The molecule has 0 saturated heterocycles. The highest BCUT2D eigenvalue weighted by Gasteiger charge is 2.06. The molecule has 118 valence electrons. The molecule has 0 bridgehead atoms. The van der Waals surface area contributed by atoms with Crippen LogP contribution in [0.1, 0.15) is 12.5 Å². The van der Waals surface area contributed by atoms with Gasteiger partial charge in [0.25, 0.3) is 0 Å². The first-order chi connectivity index (χ1) is 10.7. The van der Waals surface area contributed by atoms with Crippen molar-refractivity contribution in [3.8, 4) is 0 Å². The summed E-state index contributed by atoms with van der Waals surface area (Å²) in [6.07, 6.45) is 5.53. The van der Waals surface area contributed by atoms with Crippen LogP contribution >= 0.6 is 11.6 Å². The molecule has 2 rings (SSSR count). The van der Waals surface area contributed by atoms with Gasteiger partial charge in [-0.3, -0.25) is 4.99 Å². The maximum atomic E-state index is 5.92. The molecule has 0 aliphatic heterocycles. The molecule has 0 saturated carbocycles. The van der Waals surface area contributed by atoms with Gasteiger partial charge in [0.2, 0.25) is 0 Å². The molecule has 1 aromatic carbocycles. The molecule has 0 aliphatic rings.